The average Bonchev–Trinajstić information content (AvgIpc) is 3.15. The van der Waals surface area contributed by atoms with E-state index in [1.165, 1.54) is 0 Å². The molecule has 116 valence electrons. The number of aromatic nitrogens is 2. The Morgan fingerprint density at radius 3 is 2.39 bits per heavy atom. The van der Waals surface area contributed by atoms with Gasteiger partial charge in [0, 0.05) is 18.6 Å². The Labute approximate surface area is 134 Å². The van der Waals surface area contributed by atoms with Crippen molar-refractivity contribution in [3.63, 3.8) is 0 Å². The largest absolute Gasteiger partial charge is 0.497 e. The van der Waals surface area contributed by atoms with Crippen LogP contribution in [-0.2, 0) is 0 Å². The molecule has 2 heterocycles. The molecule has 1 unspecified atom stereocenters. The van der Waals surface area contributed by atoms with Gasteiger partial charge in [-0.1, -0.05) is 12.1 Å². The van der Waals surface area contributed by atoms with Crippen molar-refractivity contribution in [1.82, 2.24) is 15.3 Å². The lowest BCUT2D eigenvalue weighted by Gasteiger charge is -2.19. The van der Waals surface area contributed by atoms with Gasteiger partial charge in [0.15, 0.2) is 0 Å². The Morgan fingerprint density at radius 1 is 1.09 bits per heavy atom. The number of hydrogen-bond donors (Lipinski definition) is 2. The van der Waals surface area contributed by atoms with Crippen molar-refractivity contribution in [1.29, 1.82) is 0 Å². The Bertz CT molecular complexity index is 753. The highest BCUT2D eigenvalue weighted by molar-refractivity contribution is 5.92. The van der Waals surface area contributed by atoms with Gasteiger partial charge in [-0.3, -0.25) is 9.78 Å². The standard InChI is InChI=1S/C18H17N3O2/c1-23-15-6-4-13(5-7-15)17(14-8-11-19-12-9-14)21-18(22)16-3-2-10-20-16/h2-12,17,20H,1H3,(H,21,22). The smallest absolute Gasteiger partial charge is 0.268 e. The van der Waals surface area contributed by atoms with Gasteiger partial charge < -0.3 is 15.0 Å². The lowest BCUT2D eigenvalue weighted by molar-refractivity contribution is 0.0938. The van der Waals surface area contributed by atoms with Crippen LogP contribution >= 0.6 is 0 Å². The Morgan fingerprint density at radius 2 is 1.78 bits per heavy atom. The molecular weight excluding hydrogens is 290 g/mol. The van der Waals surface area contributed by atoms with Crippen molar-refractivity contribution < 1.29 is 9.53 Å². The zero-order valence-corrected chi connectivity index (χ0v) is 12.7. The van der Waals surface area contributed by atoms with Crippen molar-refractivity contribution in [2.45, 2.75) is 6.04 Å². The second-order valence-corrected chi connectivity index (χ2v) is 5.04. The summed E-state index contributed by atoms with van der Waals surface area (Å²) in [7, 11) is 1.63. The average molecular weight is 307 g/mol. The number of nitrogens with one attached hydrogen (secondary N) is 2. The molecule has 0 radical (unpaired) electrons. The van der Waals surface area contributed by atoms with Crippen LogP contribution in [0.25, 0.3) is 0 Å². The normalized spacial score (nSPS) is 11.7. The van der Waals surface area contributed by atoms with E-state index in [9.17, 15) is 4.79 Å². The topological polar surface area (TPSA) is 67.0 Å². The van der Waals surface area contributed by atoms with Gasteiger partial charge in [-0.2, -0.15) is 0 Å². The van der Waals surface area contributed by atoms with Gasteiger partial charge in [-0.15, -0.1) is 0 Å². The molecule has 5 nitrogen and oxygen atoms in total. The summed E-state index contributed by atoms with van der Waals surface area (Å²) in [4.78, 5) is 19.4. The minimum Gasteiger partial charge on any atom is -0.497 e. The number of amides is 1. The predicted molar refractivity (Wildman–Crippen MR) is 87.3 cm³/mol. The molecule has 0 saturated carbocycles. The van der Waals surface area contributed by atoms with Crippen molar-refractivity contribution in [2.75, 3.05) is 7.11 Å². The number of rotatable bonds is 5. The van der Waals surface area contributed by atoms with Crippen LogP contribution in [0, 0.1) is 0 Å². The molecule has 2 aromatic heterocycles. The summed E-state index contributed by atoms with van der Waals surface area (Å²) < 4.78 is 5.19. The van der Waals surface area contributed by atoms with Crippen LogP contribution in [0.4, 0.5) is 0 Å². The van der Waals surface area contributed by atoms with Crippen LogP contribution in [0.1, 0.15) is 27.7 Å². The maximum Gasteiger partial charge on any atom is 0.268 e. The van der Waals surface area contributed by atoms with E-state index in [1.54, 1.807) is 37.8 Å². The highest BCUT2D eigenvalue weighted by atomic mass is 16.5. The lowest BCUT2D eigenvalue weighted by atomic mass is 9.99. The third-order valence-corrected chi connectivity index (χ3v) is 3.61. The molecule has 0 aliphatic rings. The van der Waals surface area contributed by atoms with Crippen LogP contribution in [-0.4, -0.2) is 23.0 Å². The third kappa shape index (κ3) is 3.40. The maximum atomic E-state index is 12.4. The van der Waals surface area contributed by atoms with Gasteiger partial charge in [-0.05, 0) is 47.5 Å². The first kappa shape index (κ1) is 14.8. The monoisotopic (exact) mass is 307 g/mol. The minimum absolute atomic E-state index is 0.160. The van der Waals surface area contributed by atoms with E-state index in [1.807, 2.05) is 36.4 Å². The number of benzene rings is 1. The summed E-state index contributed by atoms with van der Waals surface area (Å²) in [5.74, 6) is 0.616. The Hall–Kier alpha value is -3.08. The van der Waals surface area contributed by atoms with Crippen LogP contribution in [0.3, 0.4) is 0 Å². The molecule has 0 aliphatic carbocycles. The van der Waals surface area contributed by atoms with E-state index in [4.69, 9.17) is 4.74 Å². The number of methoxy groups -OCH3 is 1. The number of ether oxygens (including phenoxy) is 1. The molecular formula is C18H17N3O2. The fraction of sp³-hybridized carbons (Fsp3) is 0.111. The van der Waals surface area contributed by atoms with Crippen LogP contribution in [0.2, 0.25) is 0 Å². The quantitative estimate of drug-likeness (QED) is 0.761. The number of carbonyl (C=O) groups excluding carboxylic acids is 1. The molecule has 0 spiro atoms. The molecule has 1 amide bonds. The fourth-order valence-corrected chi connectivity index (χ4v) is 2.39. The van der Waals surface area contributed by atoms with E-state index in [0.717, 1.165) is 16.9 Å². The van der Waals surface area contributed by atoms with Gasteiger partial charge in [0.25, 0.3) is 5.91 Å². The van der Waals surface area contributed by atoms with Gasteiger partial charge in [0.2, 0.25) is 0 Å². The Kier molecular flexibility index (Phi) is 4.38. The Balaban J connectivity index is 1.91. The molecule has 23 heavy (non-hydrogen) atoms. The van der Waals surface area contributed by atoms with Crippen molar-refractivity contribution in [3.8, 4) is 5.75 Å². The molecule has 0 bridgehead atoms. The van der Waals surface area contributed by atoms with E-state index in [0.29, 0.717) is 5.69 Å². The zero-order valence-electron chi connectivity index (χ0n) is 12.7. The zero-order chi connectivity index (χ0) is 16.1. The summed E-state index contributed by atoms with van der Waals surface area (Å²) in [6, 6.07) is 14.7. The van der Waals surface area contributed by atoms with Gasteiger partial charge >= 0.3 is 0 Å². The number of aromatic amines is 1. The van der Waals surface area contributed by atoms with E-state index < -0.39 is 0 Å². The van der Waals surface area contributed by atoms with Gasteiger partial charge in [0.05, 0.1) is 13.2 Å². The first-order chi connectivity index (χ1) is 11.3. The maximum absolute atomic E-state index is 12.4. The van der Waals surface area contributed by atoms with Crippen LogP contribution in [0.5, 0.6) is 5.75 Å². The van der Waals surface area contributed by atoms with E-state index in [2.05, 4.69) is 15.3 Å². The number of pyridine rings is 1. The number of nitrogens with zero attached hydrogens (tertiary/aromatic N) is 1. The van der Waals surface area contributed by atoms with Gasteiger partial charge in [-0.25, -0.2) is 0 Å². The molecule has 5 heteroatoms. The second kappa shape index (κ2) is 6.79. The summed E-state index contributed by atoms with van der Waals surface area (Å²) in [5.41, 5.74) is 2.46. The minimum atomic E-state index is -0.264. The molecule has 0 fully saturated rings. The summed E-state index contributed by atoms with van der Waals surface area (Å²) >= 11 is 0. The summed E-state index contributed by atoms with van der Waals surface area (Å²) in [6.07, 6.45) is 5.16. The lowest BCUT2D eigenvalue weighted by Crippen LogP contribution is -2.29. The highest BCUT2D eigenvalue weighted by Crippen LogP contribution is 2.24. The van der Waals surface area contributed by atoms with Crippen LogP contribution in [0.15, 0.2) is 67.1 Å². The number of hydrogen-bond acceptors (Lipinski definition) is 3. The molecule has 1 atom stereocenters. The fourth-order valence-electron chi connectivity index (χ4n) is 2.39. The third-order valence-electron chi connectivity index (χ3n) is 3.61. The molecule has 0 saturated heterocycles. The van der Waals surface area contributed by atoms with Crippen molar-refractivity contribution >= 4 is 5.91 Å². The highest BCUT2D eigenvalue weighted by Gasteiger charge is 2.18. The molecule has 2 N–H and O–H groups in total. The summed E-state index contributed by atoms with van der Waals surface area (Å²) in [6.45, 7) is 0. The molecule has 3 rings (SSSR count). The van der Waals surface area contributed by atoms with Crippen molar-refractivity contribution in [3.05, 3.63) is 83.9 Å². The first-order valence-corrected chi connectivity index (χ1v) is 7.26. The summed E-state index contributed by atoms with van der Waals surface area (Å²) in [5, 5.41) is 3.05. The molecule has 3 aromatic rings. The van der Waals surface area contributed by atoms with E-state index >= 15 is 0 Å². The van der Waals surface area contributed by atoms with Crippen molar-refractivity contribution in [2.24, 2.45) is 0 Å². The first-order valence-electron chi connectivity index (χ1n) is 7.26. The predicted octanol–water partition coefficient (Wildman–Crippen LogP) is 2.94. The SMILES string of the molecule is COc1ccc(C(NC(=O)c2ccc[nH]2)c2ccncc2)cc1. The number of H-pyrrole nitrogens is 1. The number of carbonyl (C=O) groups is 1. The van der Waals surface area contributed by atoms with E-state index in [-0.39, 0.29) is 11.9 Å². The molecule has 1 aromatic carbocycles. The molecule has 0 aliphatic heterocycles. The van der Waals surface area contributed by atoms with Crippen LogP contribution < -0.4 is 10.1 Å². The van der Waals surface area contributed by atoms with Gasteiger partial charge in [0.1, 0.15) is 11.4 Å². The second-order valence-electron chi connectivity index (χ2n) is 5.04.